The van der Waals surface area contributed by atoms with E-state index in [9.17, 15) is 13.2 Å². The van der Waals surface area contributed by atoms with Crippen molar-refractivity contribution in [2.24, 2.45) is 5.92 Å². The van der Waals surface area contributed by atoms with Crippen molar-refractivity contribution in [3.63, 3.8) is 0 Å². The fraction of sp³-hybridized carbons (Fsp3) is 0.583. The highest BCUT2D eigenvalue weighted by molar-refractivity contribution is 7.91. The molecule has 8 heteroatoms. The van der Waals surface area contributed by atoms with Crippen LogP contribution in [-0.4, -0.2) is 50.5 Å². The van der Waals surface area contributed by atoms with Gasteiger partial charge in [-0.1, -0.05) is 0 Å². The van der Waals surface area contributed by atoms with Crippen LogP contribution in [0.2, 0.25) is 0 Å². The molecule has 0 spiro atoms. The summed E-state index contributed by atoms with van der Waals surface area (Å²) in [7, 11) is -1.71. The Morgan fingerprint density at radius 3 is 2.90 bits per heavy atom. The lowest BCUT2D eigenvalue weighted by Crippen LogP contribution is -2.42. The van der Waals surface area contributed by atoms with E-state index in [0.717, 1.165) is 30.7 Å². The number of piperidine rings is 1. The molecule has 2 heterocycles. The van der Waals surface area contributed by atoms with Crippen LogP contribution in [0, 0.1) is 5.92 Å². The van der Waals surface area contributed by atoms with Gasteiger partial charge < -0.3 is 10.4 Å². The second-order valence-electron chi connectivity index (χ2n) is 4.85. The fourth-order valence-corrected chi connectivity index (χ4v) is 5.26. The van der Waals surface area contributed by atoms with Gasteiger partial charge in [-0.2, -0.15) is 4.31 Å². The van der Waals surface area contributed by atoms with Gasteiger partial charge in [-0.3, -0.25) is 0 Å². The molecule has 2 rings (SSSR count). The lowest BCUT2D eigenvalue weighted by molar-refractivity contribution is 0.0702. The van der Waals surface area contributed by atoms with E-state index < -0.39 is 16.0 Å². The van der Waals surface area contributed by atoms with Crippen LogP contribution in [0.3, 0.4) is 0 Å². The average molecular weight is 318 g/mol. The summed E-state index contributed by atoms with van der Waals surface area (Å²) in [5.74, 6) is -0.786. The van der Waals surface area contributed by atoms with Crippen molar-refractivity contribution in [3.8, 4) is 0 Å². The summed E-state index contributed by atoms with van der Waals surface area (Å²) >= 11 is 0.811. The molecule has 6 nitrogen and oxygen atoms in total. The van der Waals surface area contributed by atoms with E-state index >= 15 is 0 Å². The minimum Gasteiger partial charge on any atom is -0.477 e. The molecule has 0 bridgehead atoms. The summed E-state index contributed by atoms with van der Waals surface area (Å²) < 4.78 is 26.6. The molecule has 0 aromatic carbocycles. The number of carbonyl (C=O) groups is 1. The van der Waals surface area contributed by atoms with Gasteiger partial charge in [-0.15, -0.1) is 11.3 Å². The summed E-state index contributed by atoms with van der Waals surface area (Å²) in [6.07, 6.45) is 1.85. The molecule has 1 saturated heterocycles. The predicted octanol–water partition coefficient (Wildman–Crippen LogP) is 1.07. The van der Waals surface area contributed by atoms with E-state index in [-0.39, 0.29) is 9.09 Å². The van der Waals surface area contributed by atoms with Gasteiger partial charge in [0.15, 0.2) is 0 Å². The van der Waals surface area contributed by atoms with E-state index in [2.05, 4.69) is 5.32 Å². The maximum atomic E-state index is 12.5. The van der Waals surface area contributed by atoms with E-state index in [1.807, 2.05) is 7.05 Å². The molecule has 112 valence electrons. The number of carboxylic acid groups (broad SMARTS) is 1. The fourth-order valence-electron chi connectivity index (χ4n) is 2.40. The van der Waals surface area contributed by atoms with Gasteiger partial charge in [-0.25, -0.2) is 13.2 Å². The molecule has 0 amide bonds. The van der Waals surface area contributed by atoms with Crippen molar-refractivity contribution < 1.29 is 18.3 Å². The van der Waals surface area contributed by atoms with Gasteiger partial charge in [0.1, 0.15) is 9.09 Å². The van der Waals surface area contributed by atoms with E-state index in [4.69, 9.17) is 5.11 Å². The predicted molar refractivity (Wildman–Crippen MR) is 76.7 cm³/mol. The Kier molecular flexibility index (Phi) is 4.79. The first-order valence-corrected chi connectivity index (χ1v) is 8.68. The first kappa shape index (κ1) is 15.4. The molecule has 1 fully saturated rings. The van der Waals surface area contributed by atoms with Crippen molar-refractivity contribution in [3.05, 3.63) is 17.0 Å². The van der Waals surface area contributed by atoms with Crippen LogP contribution in [0.4, 0.5) is 0 Å². The molecule has 20 heavy (non-hydrogen) atoms. The summed E-state index contributed by atoms with van der Waals surface area (Å²) in [5, 5.41) is 12.0. The summed E-state index contributed by atoms with van der Waals surface area (Å²) in [6, 6.07) is 2.72. The Morgan fingerprint density at radius 2 is 2.30 bits per heavy atom. The Hall–Kier alpha value is -0.960. The van der Waals surface area contributed by atoms with E-state index in [1.165, 1.54) is 16.4 Å². The van der Waals surface area contributed by atoms with Gasteiger partial charge in [0.2, 0.25) is 0 Å². The number of carboxylic acids is 1. The third-order valence-electron chi connectivity index (χ3n) is 3.36. The Balaban J connectivity index is 2.18. The van der Waals surface area contributed by atoms with Crippen LogP contribution >= 0.6 is 11.3 Å². The number of thiophene rings is 1. The highest BCUT2D eigenvalue weighted by atomic mass is 32.2. The van der Waals surface area contributed by atoms with Crippen LogP contribution in [0.25, 0.3) is 0 Å². The Labute approximate surface area is 122 Å². The molecule has 1 aliphatic rings. The third kappa shape index (κ3) is 3.20. The number of rotatable bonds is 5. The minimum absolute atomic E-state index is 0.0485. The van der Waals surface area contributed by atoms with Gasteiger partial charge in [0, 0.05) is 13.1 Å². The van der Waals surface area contributed by atoms with Gasteiger partial charge in [0.05, 0.1) is 0 Å². The average Bonchev–Trinajstić information content (AvgIpc) is 2.90. The zero-order chi connectivity index (χ0) is 14.8. The molecule has 0 saturated carbocycles. The largest absolute Gasteiger partial charge is 0.477 e. The highest BCUT2D eigenvalue weighted by Gasteiger charge is 2.31. The van der Waals surface area contributed by atoms with Crippen LogP contribution in [0.15, 0.2) is 16.3 Å². The van der Waals surface area contributed by atoms with Gasteiger partial charge >= 0.3 is 5.97 Å². The Bertz CT molecular complexity index is 580. The molecule has 1 aliphatic heterocycles. The number of hydrogen-bond donors (Lipinski definition) is 2. The van der Waals surface area contributed by atoms with Crippen molar-refractivity contribution >= 4 is 27.3 Å². The first-order chi connectivity index (χ1) is 9.45. The zero-order valence-corrected chi connectivity index (χ0v) is 12.8. The first-order valence-electron chi connectivity index (χ1n) is 6.43. The number of hydrogen-bond acceptors (Lipinski definition) is 5. The topological polar surface area (TPSA) is 86.7 Å². The molecule has 0 aliphatic carbocycles. The molecule has 1 aromatic heterocycles. The van der Waals surface area contributed by atoms with Gasteiger partial charge in [0.25, 0.3) is 10.0 Å². The van der Waals surface area contributed by atoms with E-state index in [1.54, 1.807) is 0 Å². The number of nitrogens with one attached hydrogen (secondary N) is 1. The molecule has 0 radical (unpaired) electrons. The standard InChI is InChI=1S/C12H18N2O4S2/c1-13-7-9-3-2-6-14(8-9)20(17,18)11-5-4-10(19-11)12(15)16/h4-5,9,13H,2-3,6-8H2,1H3,(H,15,16). The van der Waals surface area contributed by atoms with Crippen molar-refractivity contribution in [2.45, 2.75) is 17.1 Å². The monoisotopic (exact) mass is 318 g/mol. The maximum Gasteiger partial charge on any atom is 0.345 e. The lowest BCUT2D eigenvalue weighted by Gasteiger charge is -2.31. The number of aromatic carboxylic acids is 1. The maximum absolute atomic E-state index is 12.5. The number of sulfonamides is 1. The lowest BCUT2D eigenvalue weighted by atomic mass is 10.00. The molecular formula is C12H18N2O4S2. The summed E-state index contributed by atoms with van der Waals surface area (Å²) in [6.45, 7) is 1.78. The van der Waals surface area contributed by atoms with Crippen molar-refractivity contribution in [1.82, 2.24) is 9.62 Å². The zero-order valence-electron chi connectivity index (χ0n) is 11.2. The van der Waals surface area contributed by atoms with Crippen LogP contribution < -0.4 is 5.32 Å². The molecular weight excluding hydrogens is 300 g/mol. The Morgan fingerprint density at radius 1 is 1.55 bits per heavy atom. The third-order valence-corrected chi connectivity index (χ3v) is 6.77. The van der Waals surface area contributed by atoms with E-state index in [0.29, 0.717) is 19.0 Å². The van der Waals surface area contributed by atoms with Crippen LogP contribution in [-0.2, 0) is 10.0 Å². The SMILES string of the molecule is CNCC1CCCN(S(=O)(=O)c2ccc(C(=O)O)s2)C1. The smallest absolute Gasteiger partial charge is 0.345 e. The molecule has 1 aromatic rings. The summed E-state index contributed by atoms with van der Waals surface area (Å²) in [5.41, 5.74) is 0. The summed E-state index contributed by atoms with van der Waals surface area (Å²) in [4.78, 5) is 10.9. The minimum atomic E-state index is -3.57. The number of nitrogens with zero attached hydrogens (tertiary/aromatic N) is 1. The second kappa shape index (κ2) is 6.21. The van der Waals surface area contributed by atoms with Crippen molar-refractivity contribution in [1.29, 1.82) is 0 Å². The molecule has 1 unspecified atom stereocenters. The normalized spacial score (nSPS) is 20.9. The van der Waals surface area contributed by atoms with Crippen molar-refractivity contribution in [2.75, 3.05) is 26.7 Å². The second-order valence-corrected chi connectivity index (χ2v) is 8.10. The highest BCUT2D eigenvalue weighted by Crippen LogP contribution is 2.28. The molecule has 2 N–H and O–H groups in total. The van der Waals surface area contributed by atoms with Crippen LogP contribution in [0.5, 0.6) is 0 Å². The van der Waals surface area contributed by atoms with Crippen LogP contribution in [0.1, 0.15) is 22.5 Å². The molecule has 1 atom stereocenters. The van der Waals surface area contributed by atoms with Gasteiger partial charge in [-0.05, 0) is 44.5 Å². The quantitative estimate of drug-likeness (QED) is 0.848.